The van der Waals surface area contributed by atoms with E-state index in [0.717, 1.165) is 12.8 Å². The maximum atomic E-state index is 10.4. The van der Waals surface area contributed by atoms with E-state index in [1.165, 1.54) is 38.5 Å². The van der Waals surface area contributed by atoms with Crippen LogP contribution in [0.25, 0.3) is 0 Å². The van der Waals surface area contributed by atoms with Gasteiger partial charge in [0.1, 0.15) is 0 Å². The lowest BCUT2D eigenvalue weighted by Gasteiger charge is -1.99. The highest BCUT2D eigenvalue weighted by molar-refractivity contribution is 5.73. The Morgan fingerprint density at radius 3 is 1.67 bits per heavy atom. The van der Waals surface area contributed by atoms with E-state index < -0.39 is 0 Å². The number of unbranched alkanes of at least 4 members (excludes halogenated alkanes) is 7. The van der Waals surface area contributed by atoms with Gasteiger partial charge in [0, 0.05) is 6.42 Å². The molecule has 15 heavy (non-hydrogen) atoms. The Bertz CT molecular complexity index is 124. The zero-order chi connectivity index (χ0) is 11.9. The number of nitrogens with two attached hydrogens (primary N) is 1. The van der Waals surface area contributed by atoms with Gasteiger partial charge in [-0.05, 0) is 6.42 Å². The Balaban J connectivity index is 0. The molecular weight excluding hydrogens is 186 g/mol. The first-order chi connectivity index (χ1) is 7.27. The first-order valence-corrected chi connectivity index (χ1v) is 6.55. The van der Waals surface area contributed by atoms with Crippen LogP contribution >= 0.6 is 0 Å². The monoisotopic (exact) mass is 215 g/mol. The van der Waals surface area contributed by atoms with Gasteiger partial charge in [0.2, 0.25) is 5.91 Å². The first-order valence-electron chi connectivity index (χ1n) is 6.55. The molecule has 0 saturated heterocycles. The van der Waals surface area contributed by atoms with Crippen molar-refractivity contribution in [3.05, 3.63) is 0 Å². The average Bonchev–Trinajstić information content (AvgIpc) is 2.24. The van der Waals surface area contributed by atoms with Crippen LogP contribution in [0.1, 0.15) is 78.6 Å². The summed E-state index contributed by atoms with van der Waals surface area (Å²) in [5.41, 5.74) is 5.03. The number of hydrogen-bond acceptors (Lipinski definition) is 1. The third kappa shape index (κ3) is 19.8. The highest BCUT2D eigenvalue weighted by atomic mass is 16.1. The van der Waals surface area contributed by atoms with E-state index in [9.17, 15) is 4.79 Å². The summed E-state index contributed by atoms with van der Waals surface area (Å²) in [7, 11) is 0. The molecule has 0 radical (unpaired) electrons. The van der Waals surface area contributed by atoms with Crippen molar-refractivity contribution in [2.24, 2.45) is 5.73 Å². The van der Waals surface area contributed by atoms with Gasteiger partial charge >= 0.3 is 0 Å². The van der Waals surface area contributed by atoms with E-state index in [0.29, 0.717) is 6.42 Å². The van der Waals surface area contributed by atoms with Crippen molar-refractivity contribution < 1.29 is 4.79 Å². The van der Waals surface area contributed by atoms with Gasteiger partial charge in [-0.1, -0.05) is 65.7 Å². The molecular formula is C13H29NO. The minimum atomic E-state index is -0.161. The third-order valence-electron chi connectivity index (χ3n) is 2.28. The van der Waals surface area contributed by atoms with Gasteiger partial charge < -0.3 is 5.73 Å². The first kappa shape index (κ1) is 16.9. The number of carbonyl (C=O) groups is 1. The molecule has 0 aliphatic rings. The van der Waals surface area contributed by atoms with Crippen molar-refractivity contribution in [2.75, 3.05) is 0 Å². The Kier molecular flexibility index (Phi) is 17.9. The summed E-state index contributed by atoms with van der Waals surface area (Å²) in [4.78, 5) is 10.4. The van der Waals surface area contributed by atoms with Gasteiger partial charge in [0.25, 0.3) is 0 Å². The minimum Gasteiger partial charge on any atom is -0.370 e. The minimum absolute atomic E-state index is 0.161. The largest absolute Gasteiger partial charge is 0.370 e. The van der Waals surface area contributed by atoms with E-state index >= 15 is 0 Å². The van der Waals surface area contributed by atoms with Gasteiger partial charge in [-0.25, -0.2) is 0 Å². The number of primary amides is 1. The highest BCUT2D eigenvalue weighted by Crippen LogP contribution is 2.08. The molecule has 1 amide bonds. The Labute approximate surface area is 95.6 Å². The molecule has 0 aliphatic heterocycles. The molecule has 0 aromatic carbocycles. The van der Waals surface area contributed by atoms with Crippen LogP contribution in [0.4, 0.5) is 0 Å². The van der Waals surface area contributed by atoms with Crippen LogP contribution in [0.2, 0.25) is 0 Å². The van der Waals surface area contributed by atoms with Crippen LogP contribution in [0.15, 0.2) is 0 Å². The fourth-order valence-electron chi connectivity index (χ4n) is 1.43. The Morgan fingerprint density at radius 1 is 0.867 bits per heavy atom. The van der Waals surface area contributed by atoms with Gasteiger partial charge in [0.05, 0.1) is 0 Å². The Morgan fingerprint density at radius 2 is 1.27 bits per heavy atom. The fourth-order valence-corrected chi connectivity index (χ4v) is 1.43. The molecule has 2 heteroatoms. The zero-order valence-corrected chi connectivity index (χ0v) is 10.8. The predicted molar refractivity (Wildman–Crippen MR) is 67.8 cm³/mol. The standard InChI is InChI=1S/C11H23NO.C2H6/c1-2-3-4-5-6-7-8-9-10-11(12)13;1-2/h2-10H2,1H3,(H2,12,13);1-2H3. The van der Waals surface area contributed by atoms with Crippen molar-refractivity contribution >= 4 is 5.91 Å². The fraction of sp³-hybridized carbons (Fsp3) is 0.923. The van der Waals surface area contributed by atoms with Crippen molar-refractivity contribution in [2.45, 2.75) is 78.6 Å². The molecule has 2 nitrogen and oxygen atoms in total. The molecule has 2 N–H and O–H groups in total. The topological polar surface area (TPSA) is 43.1 Å². The van der Waals surface area contributed by atoms with Crippen molar-refractivity contribution in [1.29, 1.82) is 0 Å². The molecule has 0 bridgehead atoms. The molecule has 0 aliphatic carbocycles. The van der Waals surface area contributed by atoms with Crippen LogP contribution in [-0.2, 0) is 4.79 Å². The highest BCUT2D eigenvalue weighted by Gasteiger charge is 1.94. The summed E-state index contributed by atoms with van der Waals surface area (Å²) in [6, 6.07) is 0. The lowest BCUT2D eigenvalue weighted by Crippen LogP contribution is -2.09. The molecule has 0 rings (SSSR count). The van der Waals surface area contributed by atoms with Crippen LogP contribution < -0.4 is 5.73 Å². The van der Waals surface area contributed by atoms with E-state index in [1.807, 2.05) is 13.8 Å². The van der Waals surface area contributed by atoms with Gasteiger partial charge in [0.15, 0.2) is 0 Å². The molecule has 0 saturated carbocycles. The van der Waals surface area contributed by atoms with Crippen LogP contribution in [-0.4, -0.2) is 5.91 Å². The lowest BCUT2D eigenvalue weighted by molar-refractivity contribution is -0.118. The molecule has 0 spiro atoms. The van der Waals surface area contributed by atoms with Gasteiger partial charge in [-0.15, -0.1) is 0 Å². The summed E-state index contributed by atoms with van der Waals surface area (Å²) in [6.45, 7) is 6.23. The SMILES string of the molecule is CC.CCCCCCCCCCC(N)=O. The van der Waals surface area contributed by atoms with E-state index in [2.05, 4.69) is 6.92 Å². The summed E-state index contributed by atoms with van der Waals surface area (Å²) < 4.78 is 0. The van der Waals surface area contributed by atoms with Crippen LogP contribution in [0.3, 0.4) is 0 Å². The van der Waals surface area contributed by atoms with Crippen molar-refractivity contribution in [3.8, 4) is 0 Å². The zero-order valence-electron chi connectivity index (χ0n) is 10.8. The third-order valence-corrected chi connectivity index (χ3v) is 2.28. The molecule has 0 aromatic heterocycles. The van der Waals surface area contributed by atoms with E-state index in [-0.39, 0.29) is 5.91 Å². The smallest absolute Gasteiger partial charge is 0.217 e. The Hall–Kier alpha value is -0.530. The van der Waals surface area contributed by atoms with Crippen molar-refractivity contribution in [1.82, 2.24) is 0 Å². The molecule has 92 valence electrons. The second-order valence-corrected chi connectivity index (χ2v) is 3.69. The lowest BCUT2D eigenvalue weighted by atomic mass is 10.1. The quantitative estimate of drug-likeness (QED) is 0.580. The van der Waals surface area contributed by atoms with Crippen molar-refractivity contribution in [3.63, 3.8) is 0 Å². The average molecular weight is 215 g/mol. The summed E-state index contributed by atoms with van der Waals surface area (Å²) >= 11 is 0. The molecule has 0 aromatic rings. The molecule has 0 atom stereocenters. The summed E-state index contributed by atoms with van der Waals surface area (Å²) in [6.07, 6.45) is 10.7. The second-order valence-electron chi connectivity index (χ2n) is 3.69. The molecule has 0 heterocycles. The van der Waals surface area contributed by atoms with Gasteiger partial charge in [-0.2, -0.15) is 0 Å². The summed E-state index contributed by atoms with van der Waals surface area (Å²) in [5, 5.41) is 0. The van der Waals surface area contributed by atoms with Gasteiger partial charge in [-0.3, -0.25) is 4.79 Å². The normalized spacial score (nSPS) is 9.27. The maximum absolute atomic E-state index is 10.4. The van der Waals surface area contributed by atoms with E-state index in [1.54, 1.807) is 0 Å². The molecule has 0 fully saturated rings. The number of amides is 1. The van der Waals surface area contributed by atoms with Crippen LogP contribution in [0, 0.1) is 0 Å². The summed E-state index contributed by atoms with van der Waals surface area (Å²) in [5.74, 6) is -0.161. The maximum Gasteiger partial charge on any atom is 0.217 e. The molecule has 0 unspecified atom stereocenters. The number of carbonyl (C=O) groups excluding carboxylic acids is 1. The number of hydrogen-bond donors (Lipinski definition) is 1. The predicted octanol–water partition coefficient (Wildman–Crippen LogP) is 4.03. The number of rotatable bonds is 9. The second kappa shape index (κ2) is 15.9. The van der Waals surface area contributed by atoms with Crippen LogP contribution in [0.5, 0.6) is 0 Å². The van der Waals surface area contributed by atoms with E-state index in [4.69, 9.17) is 5.73 Å².